The second-order valence-electron chi connectivity index (χ2n) is 5.31. The van der Waals surface area contributed by atoms with Crippen LogP contribution in [0.25, 0.3) is 0 Å². The smallest absolute Gasteiger partial charge is 0.0748 e. The Morgan fingerprint density at radius 3 is 2.60 bits per heavy atom. The number of rotatable bonds is 6. The number of aromatic nitrogens is 2. The quantitative estimate of drug-likeness (QED) is 0.870. The summed E-state index contributed by atoms with van der Waals surface area (Å²) in [5, 5.41) is 8.04. The van der Waals surface area contributed by atoms with Gasteiger partial charge in [0, 0.05) is 12.7 Å². The fraction of sp³-hybridized carbons (Fsp3) is 0.471. The lowest BCUT2D eigenvalue weighted by Crippen LogP contribution is -2.25. The summed E-state index contributed by atoms with van der Waals surface area (Å²) in [5.74, 6) is 0. The molecule has 0 spiro atoms. The minimum atomic E-state index is 0.216. The zero-order chi connectivity index (χ0) is 14.5. The van der Waals surface area contributed by atoms with Crippen molar-refractivity contribution in [2.75, 3.05) is 6.54 Å². The standard InChI is InChI=1S/C17H25N3/c1-5-11-20-16(9-10-19-20)17(18-6-2)15-8-7-13(3)14(4)12-15/h7-10,12,17-18H,5-6,11H2,1-4H3. The summed E-state index contributed by atoms with van der Waals surface area (Å²) in [6.07, 6.45) is 3.00. The van der Waals surface area contributed by atoms with Gasteiger partial charge in [0.1, 0.15) is 0 Å². The summed E-state index contributed by atoms with van der Waals surface area (Å²) >= 11 is 0. The van der Waals surface area contributed by atoms with E-state index in [1.54, 1.807) is 0 Å². The topological polar surface area (TPSA) is 29.9 Å². The molecule has 3 heteroatoms. The van der Waals surface area contributed by atoms with Crippen LogP contribution in [-0.4, -0.2) is 16.3 Å². The Labute approximate surface area is 122 Å². The number of hydrogen-bond acceptors (Lipinski definition) is 2. The van der Waals surface area contributed by atoms with Gasteiger partial charge in [0.2, 0.25) is 0 Å². The van der Waals surface area contributed by atoms with E-state index in [0.29, 0.717) is 0 Å². The first-order valence-corrected chi connectivity index (χ1v) is 7.49. The van der Waals surface area contributed by atoms with Gasteiger partial charge in [0.15, 0.2) is 0 Å². The van der Waals surface area contributed by atoms with Crippen molar-refractivity contribution >= 4 is 0 Å². The van der Waals surface area contributed by atoms with E-state index < -0.39 is 0 Å². The molecule has 0 amide bonds. The van der Waals surface area contributed by atoms with Crippen LogP contribution >= 0.6 is 0 Å². The first-order valence-electron chi connectivity index (χ1n) is 7.49. The largest absolute Gasteiger partial charge is 0.305 e. The Bertz CT molecular complexity index is 557. The molecule has 108 valence electrons. The number of benzene rings is 1. The van der Waals surface area contributed by atoms with Gasteiger partial charge in [0.25, 0.3) is 0 Å². The first-order chi connectivity index (χ1) is 9.67. The molecule has 1 heterocycles. The van der Waals surface area contributed by atoms with Gasteiger partial charge in [-0.3, -0.25) is 4.68 Å². The van der Waals surface area contributed by atoms with Crippen LogP contribution in [0.4, 0.5) is 0 Å². The van der Waals surface area contributed by atoms with Crippen molar-refractivity contribution < 1.29 is 0 Å². The van der Waals surface area contributed by atoms with E-state index in [-0.39, 0.29) is 6.04 Å². The molecule has 0 aliphatic rings. The zero-order valence-corrected chi connectivity index (χ0v) is 13.0. The molecule has 1 atom stereocenters. The predicted octanol–water partition coefficient (Wildman–Crippen LogP) is 3.61. The van der Waals surface area contributed by atoms with Crippen LogP contribution in [0, 0.1) is 13.8 Å². The van der Waals surface area contributed by atoms with Gasteiger partial charge in [0.05, 0.1) is 11.7 Å². The number of nitrogens with one attached hydrogen (secondary N) is 1. The summed E-state index contributed by atoms with van der Waals surface area (Å²) in [5.41, 5.74) is 5.24. The van der Waals surface area contributed by atoms with Crippen LogP contribution in [0.2, 0.25) is 0 Å². The average Bonchev–Trinajstić information content (AvgIpc) is 2.88. The molecule has 0 fully saturated rings. The number of hydrogen-bond donors (Lipinski definition) is 1. The molecule has 2 aromatic rings. The molecule has 1 aromatic heterocycles. The summed E-state index contributed by atoms with van der Waals surface area (Å²) in [6.45, 7) is 10.6. The molecule has 1 aromatic carbocycles. The van der Waals surface area contributed by atoms with E-state index in [2.05, 4.69) is 67.1 Å². The molecule has 0 bridgehead atoms. The van der Waals surface area contributed by atoms with Crippen LogP contribution < -0.4 is 5.32 Å². The summed E-state index contributed by atoms with van der Waals surface area (Å²) in [6, 6.07) is 9.05. The van der Waals surface area contributed by atoms with Gasteiger partial charge < -0.3 is 5.32 Å². The second-order valence-corrected chi connectivity index (χ2v) is 5.31. The second kappa shape index (κ2) is 6.71. The maximum absolute atomic E-state index is 4.45. The maximum atomic E-state index is 4.45. The van der Waals surface area contributed by atoms with Crippen molar-refractivity contribution in [3.63, 3.8) is 0 Å². The van der Waals surface area contributed by atoms with Gasteiger partial charge in [-0.25, -0.2) is 0 Å². The van der Waals surface area contributed by atoms with E-state index >= 15 is 0 Å². The molecule has 1 N–H and O–H groups in total. The molecule has 20 heavy (non-hydrogen) atoms. The van der Waals surface area contributed by atoms with Crippen molar-refractivity contribution in [2.24, 2.45) is 0 Å². The highest BCUT2D eigenvalue weighted by atomic mass is 15.3. The monoisotopic (exact) mass is 271 g/mol. The lowest BCUT2D eigenvalue weighted by molar-refractivity contribution is 0.520. The fourth-order valence-corrected chi connectivity index (χ4v) is 2.53. The van der Waals surface area contributed by atoms with E-state index in [0.717, 1.165) is 19.5 Å². The Morgan fingerprint density at radius 1 is 1.15 bits per heavy atom. The highest BCUT2D eigenvalue weighted by Crippen LogP contribution is 2.24. The minimum Gasteiger partial charge on any atom is -0.305 e. The molecular weight excluding hydrogens is 246 g/mol. The van der Waals surface area contributed by atoms with Crippen LogP contribution in [0.1, 0.15) is 48.7 Å². The van der Waals surface area contributed by atoms with Crippen LogP contribution in [0.5, 0.6) is 0 Å². The molecule has 1 unspecified atom stereocenters. The normalized spacial score (nSPS) is 12.6. The van der Waals surface area contributed by atoms with E-state index in [9.17, 15) is 0 Å². The number of nitrogens with zero attached hydrogens (tertiary/aromatic N) is 2. The highest BCUT2D eigenvalue weighted by Gasteiger charge is 2.17. The maximum Gasteiger partial charge on any atom is 0.0748 e. The molecule has 3 nitrogen and oxygen atoms in total. The molecule has 0 radical (unpaired) electrons. The molecule has 0 aliphatic carbocycles. The molecule has 0 saturated heterocycles. The highest BCUT2D eigenvalue weighted by molar-refractivity contribution is 5.35. The summed E-state index contributed by atoms with van der Waals surface area (Å²) in [4.78, 5) is 0. The van der Waals surface area contributed by atoms with Crippen molar-refractivity contribution in [2.45, 2.75) is 46.7 Å². The summed E-state index contributed by atoms with van der Waals surface area (Å²) in [7, 11) is 0. The third-order valence-corrected chi connectivity index (χ3v) is 3.75. The van der Waals surface area contributed by atoms with Crippen molar-refractivity contribution in [3.8, 4) is 0 Å². The van der Waals surface area contributed by atoms with Crippen molar-refractivity contribution in [3.05, 3.63) is 52.8 Å². The average molecular weight is 271 g/mol. The fourth-order valence-electron chi connectivity index (χ4n) is 2.53. The van der Waals surface area contributed by atoms with Gasteiger partial charge in [-0.15, -0.1) is 0 Å². The summed E-state index contributed by atoms with van der Waals surface area (Å²) < 4.78 is 2.11. The third kappa shape index (κ3) is 3.10. The van der Waals surface area contributed by atoms with Crippen LogP contribution in [-0.2, 0) is 6.54 Å². The van der Waals surface area contributed by atoms with Crippen molar-refractivity contribution in [1.82, 2.24) is 15.1 Å². The Kier molecular flexibility index (Phi) is 4.96. The molecular formula is C17H25N3. The lowest BCUT2D eigenvalue weighted by atomic mass is 9.99. The first kappa shape index (κ1) is 14.8. The van der Waals surface area contributed by atoms with Crippen LogP contribution in [0.3, 0.4) is 0 Å². The van der Waals surface area contributed by atoms with Crippen LogP contribution in [0.15, 0.2) is 30.5 Å². The SMILES string of the molecule is CCCn1nccc1C(NCC)c1ccc(C)c(C)c1. The third-order valence-electron chi connectivity index (χ3n) is 3.75. The van der Waals surface area contributed by atoms with Gasteiger partial charge >= 0.3 is 0 Å². The van der Waals surface area contributed by atoms with Gasteiger partial charge in [-0.1, -0.05) is 32.0 Å². The Hall–Kier alpha value is -1.61. The molecule has 0 aliphatic heterocycles. The zero-order valence-electron chi connectivity index (χ0n) is 13.0. The van der Waals surface area contributed by atoms with Gasteiger partial charge in [-0.05, 0) is 49.6 Å². The molecule has 0 saturated carbocycles. The Balaban J connectivity index is 2.39. The Morgan fingerprint density at radius 2 is 1.95 bits per heavy atom. The predicted molar refractivity (Wildman–Crippen MR) is 84.0 cm³/mol. The van der Waals surface area contributed by atoms with E-state index in [1.165, 1.54) is 22.4 Å². The molecule has 2 rings (SSSR count). The van der Waals surface area contributed by atoms with E-state index in [4.69, 9.17) is 0 Å². The number of aryl methyl sites for hydroxylation is 3. The van der Waals surface area contributed by atoms with E-state index in [1.807, 2.05) is 6.20 Å². The van der Waals surface area contributed by atoms with Gasteiger partial charge in [-0.2, -0.15) is 5.10 Å². The van der Waals surface area contributed by atoms with Crippen molar-refractivity contribution in [1.29, 1.82) is 0 Å². The minimum absolute atomic E-state index is 0.216. The lowest BCUT2D eigenvalue weighted by Gasteiger charge is -2.21.